The number of hydrogen-bond donors (Lipinski definition) is 1. The van der Waals surface area contributed by atoms with Crippen molar-refractivity contribution < 1.29 is 19.2 Å². The number of para-hydroxylation sites is 1. The minimum Gasteiger partial charge on any atom is -0.378 e. The maximum absolute atomic E-state index is 13.5. The van der Waals surface area contributed by atoms with Gasteiger partial charge < -0.3 is 10.2 Å². The Balaban J connectivity index is 1.55. The van der Waals surface area contributed by atoms with Gasteiger partial charge >= 0.3 is 0 Å². The number of fused-ring (bicyclic) bond motifs is 1. The molecule has 0 fully saturated rings. The Labute approximate surface area is 203 Å². The lowest BCUT2D eigenvalue weighted by Gasteiger charge is -2.30. The van der Waals surface area contributed by atoms with Gasteiger partial charge in [0.1, 0.15) is 12.6 Å². The first kappa shape index (κ1) is 23.7. The predicted molar refractivity (Wildman–Crippen MR) is 135 cm³/mol. The Bertz CT molecular complexity index is 1240. The first-order chi connectivity index (χ1) is 16.8. The molecule has 8 heteroatoms. The fraction of sp³-hybridized carbons (Fsp3) is 0.185. The molecule has 1 aliphatic rings. The van der Waals surface area contributed by atoms with E-state index in [1.807, 2.05) is 31.1 Å². The first-order valence-corrected chi connectivity index (χ1v) is 11.2. The summed E-state index contributed by atoms with van der Waals surface area (Å²) in [6.07, 6.45) is 0. The van der Waals surface area contributed by atoms with Crippen LogP contribution in [0.1, 0.15) is 27.6 Å². The SMILES string of the molecule is CC(C(=O)Nc1ccc(N(C)C)cc1)N(C(=O)CN1C(=O)c2ccccc2C1=O)c1ccccc1. The van der Waals surface area contributed by atoms with E-state index in [2.05, 4.69) is 5.32 Å². The molecule has 0 saturated heterocycles. The summed E-state index contributed by atoms with van der Waals surface area (Å²) in [7, 11) is 3.85. The molecule has 0 aliphatic carbocycles. The largest absolute Gasteiger partial charge is 0.378 e. The summed E-state index contributed by atoms with van der Waals surface area (Å²) in [6, 6.07) is 21.6. The normalized spacial score (nSPS) is 13.3. The smallest absolute Gasteiger partial charge is 0.262 e. The number of carbonyl (C=O) groups excluding carboxylic acids is 4. The van der Waals surface area contributed by atoms with Gasteiger partial charge in [0.2, 0.25) is 11.8 Å². The average Bonchev–Trinajstić information content (AvgIpc) is 3.10. The van der Waals surface area contributed by atoms with E-state index in [-0.39, 0.29) is 11.1 Å². The molecule has 0 bridgehead atoms. The number of benzene rings is 3. The van der Waals surface area contributed by atoms with Crippen LogP contribution in [0.15, 0.2) is 78.9 Å². The predicted octanol–water partition coefficient (Wildman–Crippen LogP) is 3.41. The number of carbonyl (C=O) groups is 4. The molecule has 0 radical (unpaired) electrons. The van der Waals surface area contributed by atoms with Crippen LogP contribution in [0.3, 0.4) is 0 Å². The van der Waals surface area contributed by atoms with Crippen molar-refractivity contribution in [1.29, 1.82) is 0 Å². The number of hydrogen-bond acceptors (Lipinski definition) is 5. The second-order valence-electron chi connectivity index (χ2n) is 8.45. The van der Waals surface area contributed by atoms with Gasteiger partial charge in [-0.05, 0) is 55.5 Å². The number of imide groups is 1. The summed E-state index contributed by atoms with van der Waals surface area (Å²) in [5, 5.41) is 2.84. The van der Waals surface area contributed by atoms with Crippen molar-refractivity contribution in [1.82, 2.24) is 4.90 Å². The number of nitrogens with zero attached hydrogens (tertiary/aromatic N) is 3. The quantitative estimate of drug-likeness (QED) is 0.535. The van der Waals surface area contributed by atoms with Gasteiger partial charge in [0.15, 0.2) is 0 Å². The standard InChI is InChI=1S/C27H26N4O4/c1-18(25(33)28-19-13-15-20(16-14-19)29(2)3)31(21-9-5-4-6-10-21)24(32)17-30-26(34)22-11-7-8-12-23(22)27(30)35/h4-16,18H,17H2,1-3H3,(H,28,33). The van der Waals surface area contributed by atoms with E-state index in [4.69, 9.17) is 0 Å². The van der Waals surface area contributed by atoms with Crippen molar-refractivity contribution in [2.45, 2.75) is 13.0 Å². The molecule has 178 valence electrons. The van der Waals surface area contributed by atoms with Crippen LogP contribution >= 0.6 is 0 Å². The Morgan fingerprint density at radius 2 is 1.34 bits per heavy atom. The van der Waals surface area contributed by atoms with Gasteiger partial charge in [-0.25, -0.2) is 0 Å². The molecule has 0 saturated carbocycles. The summed E-state index contributed by atoms with van der Waals surface area (Å²) in [6.45, 7) is 1.13. The Hall–Kier alpha value is -4.46. The van der Waals surface area contributed by atoms with Crippen LogP contribution in [0.2, 0.25) is 0 Å². The lowest BCUT2D eigenvalue weighted by Crippen LogP contribution is -2.50. The molecular formula is C27H26N4O4. The summed E-state index contributed by atoms with van der Waals surface area (Å²) in [5.41, 5.74) is 2.60. The highest BCUT2D eigenvalue weighted by Crippen LogP contribution is 2.24. The second kappa shape index (κ2) is 9.80. The third-order valence-corrected chi connectivity index (χ3v) is 5.89. The molecule has 35 heavy (non-hydrogen) atoms. The van der Waals surface area contributed by atoms with Crippen molar-refractivity contribution in [2.24, 2.45) is 0 Å². The summed E-state index contributed by atoms with van der Waals surface area (Å²) in [5.74, 6) is -1.99. The van der Waals surface area contributed by atoms with E-state index in [1.165, 1.54) is 4.90 Å². The number of anilines is 3. The van der Waals surface area contributed by atoms with Crippen LogP contribution in [0.4, 0.5) is 17.1 Å². The van der Waals surface area contributed by atoms with Crippen LogP contribution in [0.25, 0.3) is 0 Å². The number of amides is 4. The zero-order valence-electron chi connectivity index (χ0n) is 19.8. The van der Waals surface area contributed by atoms with Crippen molar-refractivity contribution in [2.75, 3.05) is 35.8 Å². The molecule has 1 atom stereocenters. The Morgan fingerprint density at radius 3 is 1.89 bits per heavy atom. The minimum absolute atomic E-state index is 0.267. The molecule has 1 aliphatic heterocycles. The monoisotopic (exact) mass is 470 g/mol. The van der Waals surface area contributed by atoms with Crippen LogP contribution in [-0.4, -0.2) is 55.2 Å². The zero-order valence-corrected chi connectivity index (χ0v) is 19.8. The molecule has 0 spiro atoms. The fourth-order valence-corrected chi connectivity index (χ4v) is 3.97. The fourth-order valence-electron chi connectivity index (χ4n) is 3.97. The molecule has 8 nitrogen and oxygen atoms in total. The molecule has 4 rings (SSSR count). The third-order valence-electron chi connectivity index (χ3n) is 5.89. The van der Waals surface area contributed by atoms with E-state index >= 15 is 0 Å². The van der Waals surface area contributed by atoms with E-state index in [0.29, 0.717) is 11.4 Å². The molecule has 4 amide bonds. The summed E-state index contributed by atoms with van der Waals surface area (Å²) in [4.78, 5) is 56.3. The molecule has 3 aromatic carbocycles. The topological polar surface area (TPSA) is 90.0 Å². The maximum Gasteiger partial charge on any atom is 0.262 e. The maximum atomic E-state index is 13.5. The number of nitrogens with one attached hydrogen (secondary N) is 1. The second-order valence-corrected chi connectivity index (χ2v) is 8.45. The van der Waals surface area contributed by atoms with Crippen LogP contribution < -0.4 is 15.1 Å². The zero-order chi connectivity index (χ0) is 25.1. The Morgan fingerprint density at radius 1 is 0.800 bits per heavy atom. The van der Waals surface area contributed by atoms with Crippen molar-refractivity contribution in [3.05, 3.63) is 90.0 Å². The van der Waals surface area contributed by atoms with Gasteiger partial charge in [0, 0.05) is 31.2 Å². The van der Waals surface area contributed by atoms with Gasteiger partial charge in [-0.3, -0.25) is 29.0 Å². The lowest BCUT2D eigenvalue weighted by atomic mass is 10.1. The van der Waals surface area contributed by atoms with Crippen LogP contribution in [0.5, 0.6) is 0 Å². The summed E-state index contributed by atoms with van der Waals surface area (Å²) < 4.78 is 0. The highest BCUT2D eigenvalue weighted by atomic mass is 16.2. The van der Waals surface area contributed by atoms with Crippen LogP contribution in [0, 0.1) is 0 Å². The molecule has 1 unspecified atom stereocenters. The van der Waals surface area contributed by atoms with Crippen LogP contribution in [-0.2, 0) is 9.59 Å². The molecule has 1 N–H and O–H groups in total. The van der Waals surface area contributed by atoms with Gasteiger partial charge in [0.25, 0.3) is 11.8 Å². The van der Waals surface area contributed by atoms with E-state index in [1.54, 1.807) is 73.7 Å². The van der Waals surface area contributed by atoms with Crippen molar-refractivity contribution >= 4 is 40.7 Å². The molecule has 0 aromatic heterocycles. The minimum atomic E-state index is -0.909. The first-order valence-electron chi connectivity index (χ1n) is 11.2. The molecule has 1 heterocycles. The highest BCUT2D eigenvalue weighted by Gasteiger charge is 2.38. The van der Waals surface area contributed by atoms with E-state index in [9.17, 15) is 19.2 Å². The van der Waals surface area contributed by atoms with Gasteiger partial charge in [-0.2, -0.15) is 0 Å². The summed E-state index contributed by atoms with van der Waals surface area (Å²) >= 11 is 0. The van der Waals surface area contributed by atoms with Crippen molar-refractivity contribution in [3.63, 3.8) is 0 Å². The molecular weight excluding hydrogens is 444 g/mol. The average molecular weight is 471 g/mol. The highest BCUT2D eigenvalue weighted by molar-refractivity contribution is 6.23. The van der Waals surface area contributed by atoms with Gasteiger partial charge in [0.05, 0.1) is 11.1 Å². The molecule has 3 aromatic rings. The van der Waals surface area contributed by atoms with Gasteiger partial charge in [-0.15, -0.1) is 0 Å². The number of rotatable bonds is 7. The van der Waals surface area contributed by atoms with Gasteiger partial charge in [-0.1, -0.05) is 30.3 Å². The Kier molecular flexibility index (Phi) is 6.64. The van der Waals surface area contributed by atoms with E-state index < -0.39 is 36.2 Å². The van der Waals surface area contributed by atoms with E-state index in [0.717, 1.165) is 10.6 Å². The third kappa shape index (κ3) is 4.77. The van der Waals surface area contributed by atoms with Crippen molar-refractivity contribution in [3.8, 4) is 0 Å². The lowest BCUT2D eigenvalue weighted by molar-refractivity contribution is -0.123.